The average molecular weight is 246 g/mol. The van der Waals surface area contributed by atoms with Gasteiger partial charge in [0, 0.05) is 6.54 Å². The van der Waals surface area contributed by atoms with E-state index >= 15 is 0 Å². The highest BCUT2D eigenvalue weighted by atomic mass is 15.1. The minimum Gasteiger partial charge on any atom is -0.321 e. The topological polar surface area (TPSA) is 29.3 Å². The molecular weight excluding hydrogens is 220 g/mol. The standard InChI is InChI=1S/C16H26N2/c1-3-14-9-11-18(12-10-14)13-16(2,17)15-7-5-4-6-8-15/h4-8,14H,3,9-13,17H2,1-2H3. The van der Waals surface area contributed by atoms with Crippen LogP contribution in [0.4, 0.5) is 0 Å². The maximum atomic E-state index is 6.49. The quantitative estimate of drug-likeness (QED) is 0.885. The molecular formula is C16H26N2. The average Bonchev–Trinajstić information content (AvgIpc) is 2.40. The molecule has 2 N–H and O–H groups in total. The Morgan fingerprint density at radius 1 is 1.22 bits per heavy atom. The van der Waals surface area contributed by atoms with Gasteiger partial charge in [0.25, 0.3) is 0 Å². The zero-order valence-electron chi connectivity index (χ0n) is 11.7. The van der Waals surface area contributed by atoms with Crippen molar-refractivity contribution in [2.24, 2.45) is 11.7 Å². The number of likely N-dealkylation sites (tertiary alicyclic amines) is 1. The highest BCUT2D eigenvalue weighted by Crippen LogP contribution is 2.24. The Kier molecular flexibility index (Phi) is 4.41. The molecule has 0 aromatic heterocycles. The Bertz CT molecular complexity index is 351. The van der Waals surface area contributed by atoms with Crippen LogP contribution in [-0.2, 0) is 5.54 Å². The molecule has 2 rings (SSSR count). The van der Waals surface area contributed by atoms with Gasteiger partial charge in [-0.1, -0.05) is 43.7 Å². The molecule has 1 aliphatic heterocycles. The monoisotopic (exact) mass is 246 g/mol. The smallest absolute Gasteiger partial charge is 0.0509 e. The SMILES string of the molecule is CCC1CCN(CC(C)(N)c2ccccc2)CC1. The lowest BCUT2D eigenvalue weighted by Crippen LogP contribution is -2.47. The molecule has 1 atom stereocenters. The van der Waals surface area contributed by atoms with E-state index < -0.39 is 0 Å². The Morgan fingerprint density at radius 3 is 2.39 bits per heavy atom. The summed E-state index contributed by atoms with van der Waals surface area (Å²) in [5.74, 6) is 0.932. The minimum atomic E-state index is -0.236. The van der Waals surface area contributed by atoms with Crippen LogP contribution in [0.5, 0.6) is 0 Å². The van der Waals surface area contributed by atoms with Crippen LogP contribution in [0.15, 0.2) is 30.3 Å². The summed E-state index contributed by atoms with van der Waals surface area (Å²) in [6.45, 7) is 7.83. The van der Waals surface area contributed by atoms with Gasteiger partial charge in [0.15, 0.2) is 0 Å². The molecule has 100 valence electrons. The fourth-order valence-corrected chi connectivity index (χ4v) is 2.93. The van der Waals surface area contributed by atoms with Gasteiger partial charge in [-0.15, -0.1) is 0 Å². The molecule has 1 aromatic carbocycles. The maximum Gasteiger partial charge on any atom is 0.0509 e. The van der Waals surface area contributed by atoms with Gasteiger partial charge in [-0.05, 0) is 44.3 Å². The third kappa shape index (κ3) is 3.33. The predicted molar refractivity (Wildman–Crippen MR) is 77.4 cm³/mol. The summed E-state index contributed by atoms with van der Waals surface area (Å²) < 4.78 is 0. The van der Waals surface area contributed by atoms with E-state index in [2.05, 4.69) is 43.0 Å². The molecule has 1 saturated heterocycles. The van der Waals surface area contributed by atoms with Gasteiger partial charge < -0.3 is 10.6 Å². The highest BCUT2D eigenvalue weighted by Gasteiger charge is 2.26. The summed E-state index contributed by atoms with van der Waals surface area (Å²) in [6, 6.07) is 10.5. The summed E-state index contributed by atoms with van der Waals surface area (Å²) in [5.41, 5.74) is 7.50. The zero-order chi connectivity index (χ0) is 13.0. The van der Waals surface area contributed by atoms with E-state index in [-0.39, 0.29) is 5.54 Å². The molecule has 2 heteroatoms. The Labute approximate surface area is 111 Å². The van der Waals surface area contributed by atoms with Gasteiger partial charge in [-0.3, -0.25) is 0 Å². The van der Waals surface area contributed by atoms with Crippen molar-refractivity contribution in [3.05, 3.63) is 35.9 Å². The fourth-order valence-electron chi connectivity index (χ4n) is 2.93. The second-order valence-corrected chi connectivity index (χ2v) is 5.91. The number of piperidine rings is 1. The van der Waals surface area contributed by atoms with Crippen LogP contribution >= 0.6 is 0 Å². The molecule has 1 aliphatic rings. The molecule has 0 aliphatic carbocycles. The van der Waals surface area contributed by atoms with Gasteiger partial charge in [0.1, 0.15) is 0 Å². The van der Waals surface area contributed by atoms with Gasteiger partial charge >= 0.3 is 0 Å². The van der Waals surface area contributed by atoms with E-state index in [9.17, 15) is 0 Å². The van der Waals surface area contributed by atoms with E-state index in [1.807, 2.05) is 6.07 Å². The second kappa shape index (κ2) is 5.85. The molecule has 1 aromatic rings. The lowest BCUT2D eigenvalue weighted by Gasteiger charge is -2.37. The Hall–Kier alpha value is -0.860. The van der Waals surface area contributed by atoms with Crippen LogP contribution in [0.1, 0.15) is 38.7 Å². The Morgan fingerprint density at radius 2 is 1.83 bits per heavy atom. The van der Waals surface area contributed by atoms with Crippen molar-refractivity contribution >= 4 is 0 Å². The minimum absolute atomic E-state index is 0.236. The van der Waals surface area contributed by atoms with Crippen LogP contribution in [-0.4, -0.2) is 24.5 Å². The molecule has 0 amide bonds. The van der Waals surface area contributed by atoms with Crippen molar-refractivity contribution in [1.29, 1.82) is 0 Å². The molecule has 0 saturated carbocycles. The summed E-state index contributed by atoms with van der Waals surface area (Å²) in [6.07, 6.45) is 4.00. The van der Waals surface area contributed by atoms with E-state index in [1.165, 1.54) is 37.9 Å². The van der Waals surface area contributed by atoms with Gasteiger partial charge in [-0.25, -0.2) is 0 Å². The predicted octanol–water partition coefficient (Wildman–Crippen LogP) is 2.98. The van der Waals surface area contributed by atoms with E-state index in [1.54, 1.807) is 0 Å². The lowest BCUT2D eigenvalue weighted by molar-refractivity contribution is 0.151. The number of nitrogens with two attached hydrogens (primary N) is 1. The molecule has 1 unspecified atom stereocenters. The first-order valence-electron chi connectivity index (χ1n) is 7.18. The molecule has 1 fully saturated rings. The van der Waals surface area contributed by atoms with E-state index in [0.29, 0.717) is 0 Å². The van der Waals surface area contributed by atoms with Crippen molar-refractivity contribution in [2.45, 2.75) is 38.6 Å². The summed E-state index contributed by atoms with van der Waals surface area (Å²) in [7, 11) is 0. The molecule has 0 radical (unpaired) electrons. The first kappa shape index (κ1) is 13.6. The van der Waals surface area contributed by atoms with Crippen LogP contribution in [0.2, 0.25) is 0 Å². The number of nitrogens with zero attached hydrogens (tertiary/aromatic N) is 1. The number of hydrogen-bond donors (Lipinski definition) is 1. The molecule has 0 bridgehead atoms. The van der Waals surface area contributed by atoms with E-state index in [0.717, 1.165) is 12.5 Å². The second-order valence-electron chi connectivity index (χ2n) is 5.91. The van der Waals surface area contributed by atoms with Crippen molar-refractivity contribution in [3.8, 4) is 0 Å². The van der Waals surface area contributed by atoms with Gasteiger partial charge in [0.05, 0.1) is 5.54 Å². The first-order valence-corrected chi connectivity index (χ1v) is 7.18. The summed E-state index contributed by atoms with van der Waals surface area (Å²) in [4.78, 5) is 2.53. The van der Waals surface area contributed by atoms with Crippen LogP contribution in [0.3, 0.4) is 0 Å². The molecule has 2 nitrogen and oxygen atoms in total. The van der Waals surface area contributed by atoms with Crippen molar-refractivity contribution in [2.75, 3.05) is 19.6 Å². The lowest BCUT2D eigenvalue weighted by atomic mass is 9.89. The molecule has 1 heterocycles. The number of benzene rings is 1. The number of hydrogen-bond acceptors (Lipinski definition) is 2. The Balaban J connectivity index is 1.93. The van der Waals surface area contributed by atoms with Gasteiger partial charge in [-0.2, -0.15) is 0 Å². The number of rotatable bonds is 4. The van der Waals surface area contributed by atoms with Crippen molar-refractivity contribution in [1.82, 2.24) is 4.90 Å². The maximum absolute atomic E-state index is 6.49. The normalized spacial score (nSPS) is 21.7. The third-order valence-electron chi connectivity index (χ3n) is 4.27. The van der Waals surface area contributed by atoms with Crippen LogP contribution < -0.4 is 5.73 Å². The molecule has 0 spiro atoms. The van der Waals surface area contributed by atoms with E-state index in [4.69, 9.17) is 5.73 Å². The largest absolute Gasteiger partial charge is 0.321 e. The van der Waals surface area contributed by atoms with Crippen LogP contribution in [0.25, 0.3) is 0 Å². The van der Waals surface area contributed by atoms with Crippen molar-refractivity contribution < 1.29 is 0 Å². The summed E-state index contributed by atoms with van der Waals surface area (Å²) in [5, 5.41) is 0. The van der Waals surface area contributed by atoms with Crippen LogP contribution in [0, 0.1) is 5.92 Å². The molecule has 18 heavy (non-hydrogen) atoms. The zero-order valence-corrected chi connectivity index (χ0v) is 11.7. The van der Waals surface area contributed by atoms with Gasteiger partial charge in [0.2, 0.25) is 0 Å². The summed E-state index contributed by atoms with van der Waals surface area (Å²) >= 11 is 0. The highest BCUT2D eigenvalue weighted by molar-refractivity contribution is 5.23. The first-order chi connectivity index (χ1) is 8.62. The fraction of sp³-hybridized carbons (Fsp3) is 0.625. The van der Waals surface area contributed by atoms with Crippen molar-refractivity contribution in [3.63, 3.8) is 0 Å². The third-order valence-corrected chi connectivity index (χ3v) is 4.27.